The first-order valence-electron chi connectivity index (χ1n) is 10.1. The van der Waals surface area contributed by atoms with E-state index >= 15 is 0 Å². The predicted octanol–water partition coefficient (Wildman–Crippen LogP) is 3.21. The summed E-state index contributed by atoms with van der Waals surface area (Å²) in [5.74, 6) is 0.650. The SMILES string of the molecule is COC1=C(C)OC(Oc2ccc3c(C)c(-c4ccccc4)c(=O)oc3c2)[C@@H](O)[C@H]1OC(N)=O. The Hall–Kier alpha value is -3.98. The van der Waals surface area contributed by atoms with Gasteiger partial charge in [-0.05, 0) is 37.1 Å². The molecule has 0 radical (unpaired) electrons. The number of methoxy groups -OCH3 is 1. The number of fused-ring (bicyclic) bond motifs is 1. The third-order valence-electron chi connectivity index (χ3n) is 5.40. The minimum absolute atomic E-state index is 0.120. The average molecular weight is 453 g/mol. The summed E-state index contributed by atoms with van der Waals surface area (Å²) in [7, 11) is 1.35. The van der Waals surface area contributed by atoms with Crippen LogP contribution in [0.15, 0.2) is 69.3 Å². The summed E-state index contributed by atoms with van der Waals surface area (Å²) in [4.78, 5) is 24.0. The van der Waals surface area contributed by atoms with Crippen molar-refractivity contribution >= 4 is 17.1 Å². The lowest BCUT2D eigenvalue weighted by atomic mass is 10.00. The van der Waals surface area contributed by atoms with Crippen molar-refractivity contribution in [3.8, 4) is 16.9 Å². The molecule has 1 aromatic heterocycles. The van der Waals surface area contributed by atoms with Crippen LogP contribution < -0.4 is 16.1 Å². The number of aryl methyl sites for hydroxylation is 1. The van der Waals surface area contributed by atoms with Crippen molar-refractivity contribution < 1.29 is 33.3 Å². The molecule has 2 heterocycles. The number of carbonyl (C=O) groups is 1. The summed E-state index contributed by atoms with van der Waals surface area (Å²) >= 11 is 0. The third kappa shape index (κ3) is 4.22. The monoisotopic (exact) mass is 453 g/mol. The first-order chi connectivity index (χ1) is 15.8. The topological polar surface area (TPSA) is 130 Å². The number of hydrogen-bond donors (Lipinski definition) is 2. The maximum Gasteiger partial charge on any atom is 0.405 e. The number of nitrogens with two attached hydrogens (primary N) is 1. The fourth-order valence-corrected chi connectivity index (χ4v) is 3.88. The van der Waals surface area contributed by atoms with Crippen LogP contribution in [0, 0.1) is 6.92 Å². The Balaban J connectivity index is 1.67. The Kier molecular flexibility index (Phi) is 5.97. The van der Waals surface area contributed by atoms with Gasteiger partial charge in [-0.25, -0.2) is 9.59 Å². The van der Waals surface area contributed by atoms with E-state index in [1.54, 1.807) is 19.1 Å². The Morgan fingerprint density at radius 2 is 1.85 bits per heavy atom. The van der Waals surface area contributed by atoms with E-state index in [1.807, 2.05) is 37.3 Å². The first kappa shape index (κ1) is 22.2. The highest BCUT2D eigenvalue weighted by atomic mass is 16.7. The van der Waals surface area contributed by atoms with Crippen LogP contribution in [0.3, 0.4) is 0 Å². The smallest absolute Gasteiger partial charge is 0.405 e. The number of hydrogen-bond acceptors (Lipinski definition) is 8. The summed E-state index contributed by atoms with van der Waals surface area (Å²) in [6, 6.07) is 14.2. The van der Waals surface area contributed by atoms with Crippen LogP contribution in [-0.2, 0) is 14.2 Å². The second-order valence-corrected chi connectivity index (χ2v) is 7.49. The Morgan fingerprint density at radius 1 is 1.12 bits per heavy atom. The van der Waals surface area contributed by atoms with E-state index in [2.05, 4.69) is 0 Å². The lowest BCUT2D eigenvalue weighted by Crippen LogP contribution is -2.49. The molecule has 33 heavy (non-hydrogen) atoms. The van der Waals surface area contributed by atoms with E-state index in [4.69, 9.17) is 29.1 Å². The molecule has 1 aliphatic heterocycles. The molecule has 0 spiro atoms. The molecule has 0 bridgehead atoms. The molecule has 172 valence electrons. The standard InChI is InChI=1S/C24H23NO8/c1-12-16-10-9-15(11-17(16)32-22(27)18(12)14-7-5-4-6-8-14)31-23-19(26)21(33-24(25)28)20(29-3)13(2)30-23/h4-11,19,21,23,26H,1-3H3,(H2,25,28)/t19-,21+,23?/m0/s1. The van der Waals surface area contributed by atoms with Gasteiger partial charge in [-0.15, -0.1) is 0 Å². The zero-order chi connectivity index (χ0) is 23.7. The van der Waals surface area contributed by atoms with Gasteiger partial charge in [0.25, 0.3) is 6.29 Å². The Bertz CT molecular complexity index is 1280. The molecular formula is C24H23NO8. The Morgan fingerprint density at radius 3 is 2.52 bits per heavy atom. The maximum absolute atomic E-state index is 12.7. The van der Waals surface area contributed by atoms with Crippen LogP contribution in [0.4, 0.5) is 4.79 Å². The predicted molar refractivity (Wildman–Crippen MR) is 118 cm³/mol. The molecule has 0 aliphatic carbocycles. The first-order valence-corrected chi connectivity index (χ1v) is 10.1. The van der Waals surface area contributed by atoms with Gasteiger partial charge in [0, 0.05) is 11.5 Å². The largest absolute Gasteiger partial charge is 0.494 e. The number of aliphatic hydroxyl groups excluding tert-OH is 1. The number of primary amides is 1. The number of rotatable bonds is 5. The third-order valence-corrected chi connectivity index (χ3v) is 5.40. The molecule has 4 rings (SSSR count). The molecule has 1 aliphatic rings. The van der Waals surface area contributed by atoms with Crippen molar-refractivity contribution in [3.05, 3.63) is 76.0 Å². The number of allylic oxidation sites excluding steroid dienone is 1. The molecule has 0 fully saturated rings. The van der Waals surface area contributed by atoms with E-state index in [9.17, 15) is 14.7 Å². The minimum atomic E-state index is -1.43. The summed E-state index contributed by atoms with van der Waals surface area (Å²) < 4.78 is 27.1. The van der Waals surface area contributed by atoms with Gasteiger partial charge in [0.2, 0.25) is 0 Å². The van der Waals surface area contributed by atoms with Gasteiger partial charge in [-0.2, -0.15) is 0 Å². The molecule has 9 nitrogen and oxygen atoms in total. The average Bonchev–Trinajstić information content (AvgIpc) is 2.77. The highest BCUT2D eigenvalue weighted by Crippen LogP contribution is 2.32. The fraction of sp³-hybridized carbons (Fsp3) is 0.250. The van der Waals surface area contributed by atoms with E-state index in [0.717, 1.165) is 16.5 Å². The van der Waals surface area contributed by atoms with Crippen LogP contribution >= 0.6 is 0 Å². The maximum atomic E-state index is 12.7. The van der Waals surface area contributed by atoms with Gasteiger partial charge < -0.3 is 34.2 Å². The molecule has 0 saturated carbocycles. The molecule has 3 atom stereocenters. The van der Waals surface area contributed by atoms with Crippen molar-refractivity contribution in [1.82, 2.24) is 0 Å². The summed E-state index contributed by atoms with van der Waals surface area (Å²) in [5.41, 5.74) is 6.98. The summed E-state index contributed by atoms with van der Waals surface area (Å²) in [6.45, 7) is 3.43. The number of ether oxygens (including phenoxy) is 4. The highest BCUT2D eigenvalue weighted by Gasteiger charge is 2.43. The van der Waals surface area contributed by atoms with Crippen molar-refractivity contribution in [2.75, 3.05) is 7.11 Å². The van der Waals surface area contributed by atoms with E-state index in [-0.39, 0.29) is 17.3 Å². The normalized spacial score (nSPS) is 20.3. The van der Waals surface area contributed by atoms with E-state index in [1.165, 1.54) is 13.2 Å². The number of benzene rings is 2. The Labute approximate surface area is 188 Å². The quantitative estimate of drug-likeness (QED) is 0.563. The second-order valence-electron chi connectivity index (χ2n) is 7.49. The fourth-order valence-electron chi connectivity index (χ4n) is 3.88. The minimum Gasteiger partial charge on any atom is -0.494 e. The van der Waals surface area contributed by atoms with Gasteiger partial charge in [-0.3, -0.25) is 0 Å². The van der Waals surface area contributed by atoms with Gasteiger partial charge in [0.15, 0.2) is 18.0 Å². The van der Waals surface area contributed by atoms with Gasteiger partial charge in [0.05, 0.1) is 12.7 Å². The zero-order valence-corrected chi connectivity index (χ0v) is 18.2. The zero-order valence-electron chi connectivity index (χ0n) is 18.2. The van der Waals surface area contributed by atoms with Crippen LogP contribution in [0.25, 0.3) is 22.1 Å². The van der Waals surface area contributed by atoms with E-state index < -0.39 is 30.2 Å². The van der Waals surface area contributed by atoms with Crippen LogP contribution in [0.1, 0.15) is 12.5 Å². The molecule has 1 amide bonds. The molecule has 3 N–H and O–H groups in total. The van der Waals surface area contributed by atoms with Crippen molar-refractivity contribution in [2.45, 2.75) is 32.3 Å². The molecular weight excluding hydrogens is 430 g/mol. The summed E-state index contributed by atoms with van der Waals surface area (Å²) in [6.07, 6.45) is -4.96. The lowest BCUT2D eigenvalue weighted by Gasteiger charge is -2.35. The van der Waals surface area contributed by atoms with Gasteiger partial charge in [-0.1, -0.05) is 30.3 Å². The van der Waals surface area contributed by atoms with Gasteiger partial charge >= 0.3 is 11.7 Å². The van der Waals surface area contributed by atoms with Crippen LogP contribution in [0.5, 0.6) is 5.75 Å². The highest BCUT2D eigenvalue weighted by molar-refractivity contribution is 5.87. The van der Waals surface area contributed by atoms with Crippen molar-refractivity contribution in [2.24, 2.45) is 5.73 Å². The lowest BCUT2D eigenvalue weighted by molar-refractivity contribution is -0.174. The molecule has 2 aromatic carbocycles. The number of aliphatic hydroxyl groups is 1. The summed E-state index contributed by atoms with van der Waals surface area (Å²) in [5, 5.41) is 11.4. The molecule has 1 unspecified atom stereocenters. The number of carbonyl (C=O) groups excluding carboxylic acids is 1. The van der Waals surface area contributed by atoms with E-state index in [0.29, 0.717) is 11.1 Å². The molecule has 9 heteroatoms. The van der Waals surface area contributed by atoms with Gasteiger partial charge in [0.1, 0.15) is 17.1 Å². The van der Waals surface area contributed by atoms with Crippen LogP contribution in [-0.4, -0.2) is 36.8 Å². The molecule has 0 saturated heterocycles. The van der Waals surface area contributed by atoms with Crippen molar-refractivity contribution in [3.63, 3.8) is 0 Å². The van der Waals surface area contributed by atoms with Crippen molar-refractivity contribution in [1.29, 1.82) is 0 Å². The van der Waals surface area contributed by atoms with Crippen LogP contribution in [0.2, 0.25) is 0 Å². The molecule has 3 aromatic rings. The number of amides is 1. The second kappa shape index (κ2) is 8.87.